The van der Waals surface area contributed by atoms with E-state index in [2.05, 4.69) is 10.3 Å². The van der Waals surface area contributed by atoms with Gasteiger partial charge in [-0.15, -0.1) is 0 Å². The molecule has 0 aliphatic carbocycles. The molecule has 138 valence electrons. The minimum Gasteiger partial charge on any atom is -0.495 e. The van der Waals surface area contributed by atoms with Crippen molar-refractivity contribution in [2.75, 3.05) is 23.9 Å². The fourth-order valence-electron chi connectivity index (χ4n) is 2.87. The van der Waals surface area contributed by atoms with Crippen LogP contribution in [0.1, 0.15) is 12.8 Å². The first-order chi connectivity index (χ1) is 12.4. The number of methoxy groups -OCH3 is 1. The number of sulfone groups is 1. The van der Waals surface area contributed by atoms with E-state index in [4.69, 9.17) is 16.3 Å². The van der Waals surface area contributed by atoms with E-state index < -0.39 is 9.84 Å². The van der Waals surface area contributed by atoms with Crippen LogP contribution in [0.3, 0.4) is 0 Å². The highest BCUT2D eigenvalue weighted by Crippen LogP contribution is 2.30. The van der Waals surface area contributed by atoms with Gasteiger partial charge in [-0.05, 0) is 42.7 Å². The van der Waals surface area contributed by atoms with Gasteiger partial charge in [-0.2, -0.15) is 0 Å². The number of aromatic nitrogens is 1. The zero-order chi connectivity index (χ0) is 18.7. The first-order valence-corrected chi connectivity index (χ1v) is 10.4. The number of carbonyl (C=O) groups is 1. The number of amides is 1. The van der Waals surface area contributed by atoms with Gasteiger partial charge in [0.1, 0.15) is 21.4 Å². The van der Waals surface area contributed by atoms with Crippen molar-refractivity contribution in [3.63, 3.8) is 0 Å². The lowest BCUT2D eigenvalue weighted by Crippen LogP contribution is -2.32. The summed E-state index contributed by atoms with van der Waals surface area (Å²) < 4.78 is 28.0. The third-order valence-electron chi connectivity index (χ3n) is 4.43. The van der Waals surface area contributed by atoms with Gasteiger partial charge in [-0.3, -0.25) is 4.79 Å². The Hall–Kier alpha value is -2.12. The highest BCUT2D eigenvalue weighted by Gasteiger charge is 2.28. The molecule has 26 heavy (non-hydrogen) atoms. The summed E-state index contributed by atoms with van der Waals surface area (Å²) in [7, 11) is -1.43. The molecule has 1 aliphatic rings. The molecule has 3 rings (SSSR count). The lowest BCUT2D eigenvalue weighted by molar-refractivity contribution is -0.120. The Labute approximate surface area is 157 Å². The first-order valence-electron chi connectivity index (χ1n) is 8.19. The molecule has 1 aromatic carbocycles. The third kappa shape index (κ3) is 4.34. The first kappa shape index (κ1) is 18.7. The zero-order valence-corrected chi connectivity index (χ0v) is 15.8. The summed E-state index contributed by atoms with van der Waals surface area (Å²) >= 11 is 6.14. The Balaban J connectivity index is 1.66. The molecular weight excluding hydrogens is 376 g/mol. The van der Waals surface area contributed by atoms with E-state index in [1.165, 1.54) is 0 Å². The number of ether oxygens (including phenoxy) is 1. The fraction of sp³-hybridized carbons (Fsp3) is 0.333. The van der Waals surface area contributed by atoms with Crippen LogP contribution in [0.2, 0.25) is 5.02 Å². The predicted molar refractivity (Wildman–Crippen MR) is 101 cm³/mol. The van der Waals surface area contributed by atoms with Gasteiger partial charge in [-0.1, -0.05) is 17.7 Å². The highest BCUT2D eigenvalue weighted by molar-refractivity contribution is 7.91. The van der Waals surface area contributed by atoms with Crippen molar-refractivity contribution >= 4 is 33.2 Å². The molecular formula is C18H19ClN2O4S. The van der Waals surface area contributed by atoms with E-state index in [0.29, 0.717) is 29.4 Å². The summed E-state index contributed by atoms with van der Waals surface area (Å²) in [5.41, 5.74) is 1.75. The second-order valence-electron chi connectivity index (χ2n) is 6.20. The van der Waals surface area contributed by atoms with Crippen molar-refractivity contribution in [1.29, 1.82) is 0 Å². The fourth-order valence-corrected chi connectivity index (χ4v) is 4.61. The number of nitrogens with one attached hydrogen (secondary N) is 1. The molecule has 2 heterocycles. The molecule has 8 heteroatoms. The second kappa shape index (κ2) is 7.63. The highest BCUT2D eigenvalue weighted by atomic mass is 35.5. The molecule has 0 bridgehead atoms. The third-order valence-corrected chi connectivity index (χ3v) is 6.44. The summed E-state index contributed by atoms with van der Waals surface area (Å²) in [5.74, 6) is 0.687. The topological polar surface area (TPSA) is 85.4 Å². The SMILES string of the molecule is COc1ccc(-c2ccc(NC(=O)C3CCS(=O)(=O)CC3)nc2)cc1Cl. The van der Waals surface area contributed by atoms with Crippen molar-refractivity contribution in [3.8, 4) is 16.9 Å². The van der Waals surface area contributed by atoms with Crippen molar-refractivity contribution in [3.05, 3.63) is 41.6 Å². The van der Waals surface area contributed by atoms with Gasteiger partial charge in [0.25, 0.3) is 0 Å². The van der Waals surface area contributed by atoms with Gasteiger partial charge in [0.05, 0.1) is 23.6 Å². The summed E-state index contributed by atoms with van der Waals surface area (Å²) in [4.78, 5) is 16.5. The van der Waals surface area contributed by atoms with Crippen molar-refractivity contribution in [1.82, 2.24) is 4.98 Å². The van der Waals surface area contributed by atoms with Crippen LogP contribution in [0.4, 0.5) is 5.82 Å². The van der Waals surface area contributed by atoms with Crippen molar-refractivity contribution in [2.45, 2.75) is 12.8 Å². The van der Waals surface area contributed by atoms with Crippen molar-refractivity contribution < 1.29 is 17.9 Å². The Kier molecular flexibility index (Phi) is 5.48. The smallest absolute Gasteiger partial charge is 0.228 e. The zero-order valence-electron chi connectivity index (χ0n) is 14.2. The monoisotopic (exact) mass is 394 g/mol. The number of hydrogen-bond acceptors (Lipinski definition) is 5. The van der Waals surface area contributed by atoms with Crippen LogP contribution in [0.5, 0.6) is 5.75 Å². The molecule has 1 fully saturated rings. The minimum absolute atomic E-state index is 0.0652. The molecule has 0 spiro atoms. The van der Waals surface area contributed by atoms with E-state index in [-0.39, 0.29) is 23.3 Å². The largest absolute Gasteiger partial charge is 0.495 e. The van der Waals surface area contributed by atoms with Gasteiger partial charge in [-0.25, -0.2) is 13.4 Å². The lowest BCUT2D eigenvalue weighted by atomic mass is 10.0. The lowest BCUT2D eigenvalue weighted by Gasteiger charge is -2.20. The normalized spacial score (nSPS) is 16.8. The Morgan fingerprint density at radius 2 is 1.88 bits per heavy atom. The van der Waals surface area contributed by atoms with Gasteiger partial charge in [0.2, 0.25) is 5.91 Å². The minimum atomic E-state index is -2.98. The van der Waals surface area contributed by atoms with Crippen LogP contribution in [0, 0.1) is 5.92 Å². The van der Waals surface area contributed by atoms with Crippen LogP contribution < -0.4 is 10.1 Å². The number of hydrogen-bond donors (Lipinski definition) is 1. The number of carbonyl (C=O) groups excluding carboxylic acids is 1. The number of rotatable bonds is 4. The Morgan fingerprint density at radius 3 is 2.46 bits per heavy atom. The van der Waals surface area contributed by atoms with Crippen molar-refractivity contribution in [2.24, 2.45) is 5.92 Å². The average molecular weight is 395 g/mol. The standard InChI is InChI=1S/C18H19ClN2O4S/c1-25-16-4-2-13(10-15(16)19)14-3-5-17(20-11-14)21-18(22)12-6-8-26(23,24)9-7-12/h2-5,10-12H,6-9H2,1H3,(H,20,21,22). The molecule has 1 saturated heterocycles. The Bertz CT molecular complexity index is 899. The molecule has 2 aromatic rings. The van der Waals surface area contributed by atoms with E-state index in [1.54, 1.807) is 31.5 Å². The van der Waals surface area contributed by atoms with Gasteiger partial charge in [0.15, 0.2) is 0 Å². The second-order valence-corrected chi connectivity index (χ2v) is 8.91. The predicted octanol–water partition coefficient (Wildman–Crippen LogP) is 3.17. The maximum atomic E-state index is 12.3. The quantitative estimate of drug-likeness (QED) is 0.860. The summed E-state index contributed by atoms with van der Waals surface area (Å²) in [5, 5.41) is 3.27. The van der Waals surface area contributed by atoms with E-state index in [9.17, 15) is 13.2 Å². The molecule has 1 aliphatic heterocycles. The molecule has 0 unspecified atom stereocenters. The molecule has 6 nitrogen and oxygen atoms in total. The summed E-state index contributed by atoms with van der Waals surface area (Å²) in [6.45, 7) is 0. The van der Waals surface area contributed by atoms with E-state index in [0.717, 1.165) is 11.1 Å². The average Bonchev–Trinajstić information content (AvgIpc) is 2.62. The number of halogens is 1. The van der Waals surface area contributed by atoms with Crippen LogP contribution in [-0.2, 0) is 14.6 Å². The Morgan fingerprint density at radius 1 is 1.19 bits per heavy atom. The number of anilines is 1. The van der Waals surface area contributed by atoms with E-state index in [1.807, 2.05) is 12.1 Å². The number of pyridine rings is 1. The van der Waals surface area contributed by atoms with Crippen LogP contribution in [0.15, 0.2) is 36.5 Å². The van der Waals surface area contributed by atoms with Crippen LogP contribution in [-0.4, -0.2) is 37.9 Å². The maximum Gasteiger partial charge on any atom is 0.228 e. The van der Waals surface area contributed by atoms with Gasteiger partial charge in [0, 0.05) is 17.7 Å². The summed E-state index contributed by atoms with van der Waals surface area (Å²) in [6, 6.07) is 9.00. The summed E-state index contributed by atoms with van der Waals surface area (Å²) in [6.07, 6.45) is 2.37. The number of benzene rings is 1. The number of nitrogens with zero attached hydrogens (tertiary/aromatic N) is 1. The molecule has 1 N–H and O–H groups in total. The molecule has 0 atom stereocenters. The molecule has 1 amide bonds. The molecule has 0 saturated carbocycles. The van der Waals surface area contributed by atoms with Gasteiger partial charge >= 0.3 is 0 Å². The van der Waals surface area contributed by atoms with E-state index >= 15 is 0 Å². The van der Waals surface area contributed by atoms with Gasteiger partial charge < -0.3 is 10.1 Å². The van der Waals surface area contributed by atoms with Crippen LogP contribution in [0.25, 0.3) is 11.1 Å². The molecule has 0 radical (unpaired) electrons. The van der Waals surface area contributed by atoms with Crippen LogP contribution >= 0.6 is 11.6 Å². The molecule has 1 aromatic heterocycles. The maximum absolute atomic E-state index is 12.3.